The molecule has 2 heterocycles. The molecule has 194 valence electrons. The van der Waals surface area contributed by atoms with E-state index in [1.54, 1.807) is 19.1 Å². The third-order valence-corrected chi connectivity index (χ3v) is 7.15. The molecule has 6 nitrogen and oxygen atoms in total. The average Bonchev–Trinajstić information content (AvgIpc) is 3.51. The minimum Gasteiger partial charge on any atom is -0.457 e. The Kier molecular flexibility index (Phi) is 11.0. The van der Waals surface area contributed by atoms with Gasteiger partial charge in [0, 0.05) is 18.3 Å². The zero-order valence-electron chi connectivity index (χ0n) is 21.8. The third-order valence-electron chi connectivity index (χ3n) is 7.15. The molecule has 1 saturated heterocycles. The van der Waals surface area contributed by atoms with Gasteiger partial charge < -0.3 is 24.8 Å². The van der Waals surface area contributed by atoms with Crippen LogP contribution in [0.1, 0.15) is 80.1 Å². The Morgan fingerprint density at radius 2 is 2.03 bits per heavy atom. The Bertz CT molecular complexity index is 739. The molecule has 3 N–H and O–H groups in total. The van der Waals surface area contributed by atoms with E-state index in [0.29, 0.717) is 25.2 Å². The third kappa shape index (κ3) is 9.29. The predicted molar refractivity (Wildman–Crippen MR) is 134 cm³/mol. The van der Waals surface area contributed by atoms with Gasteiger partial charge in [-0.3, -0.25) is 4.79 Å². The standard InChI is InChI=1S/C28H46O6/c1-7-23(30)21(5)27-24(33-27)17-28(6,32)15-9-12-20(4)26-19(3)11-8-10-18(2)13-14-22(29)16-25(31)34-26/h8-9,11-12,15,18-19,21-24,26-27,29-30,32H,7,10,13-14,16-17H2,1-6H3. The summed E-state index contributed by atoms with van der Waals surface area (Å²) in [4.78, 5) is 12.4. The first-order valence-corrected chi connectivity index (χ1v) is 12.9. The zero-order chi connectivity index (χ0) is 25.5. The largest absolute Gasteiger partial charge is 0.457 e. The Hall–Kier alpha value is -1.47. The minimum absolute atomic E-state index is 0.00515. The summed E-state index contributed by atoms with van der Waals surface area (Å²) in [6.07, 6.45) is 11.6. The molecule has 0 amide bonds. The number of hydrogen-bond donors (Lipinski definition) is 3. The van der Waals surface area contributed by atoms with Crippen LogP contribution >= 0.6 is 0 Å². The number of carbonyl (C=O) groups excluding carboxylic acids is 1. The van der Waals surface area contributed by atoms with Gasteiger partial charge in [-0.05, 0) is 51.0 Å². The molecule has 2 aliphatic rings. The Balaban J connectivity index is 2.03. The summed E-state index contributed by atoms with van der Waals surface area (Å²) in [7, 11) is 0. The molecule has 1 fully saturated rings. The molecule has 0 spiro atoms. The summed E-state index contributed by atoms with van der Waals surface area (Å²) in [5, 5.41) is 31.0. The van der Waals surface area contributed by atoms with Crippen LogP contribution in [-0.4, -0.2) is 57.4 Å². The highest BCUT2D eigenvalue weighted by atomic mass is 16.6. The van der Waals surface area contributed by atoms with E-state index in [-0.39, 0.29) is 30.5 Å². The average molecular weight is 479 g/mol. The Morgan fingerprint density at radius 3 is 2.71 bits per heavy atom. The fourth-order valence-electron chi connectivity index (χ4n) is 4.67. The molecular weight excluding hydrogens is 432 g/mol. The first-order valence-electron chi connectivity index (χ1n) is 12.9. The van der Waals surface area contributed by atoms with Crippen molar-refractivity contribution in [3.05, 3.63) is 36.0 Å². The van der Waals surface area contributed by atoms with Crippen LogP contribution in [0.3, 0.4) is 0 Å². The van der Waals surface area contributed by atoms with E-state index in [4.69, 9.17) is 9.47 Å². The van der Waals surface area contributed by atoms with Gasteiger partial charge in [0.05, 0.1) is 36.4 Å². The van der Waals surface area contributed by atoms with Crippen molar-refractivity contribution in [1.82, 2.24) is 0 Å². The van der Waals surface area contributed by atoms with E-state index in [0.717, 1.165) is 18.4 Å². The summed E-state index contributed by atoms with van der Waals surface area (Å²) in [5.74, 6) is 0.0980. The van der Waals surface area contributed by atoms with Crippen LogP contribution in [0.5, 0.6) is 0 Å². The van der Waals surface area contributed by atoms with Crippen LogP contribution in [0, 0.1) is 17.8 Å². The second kappa shape index (κ2) is 13.0. The van der Waals surface area contributed by atoms with Crippen molar-refractivity contribution in [2.24, 2.45) is 17.8 Å². The Labute approximate surface area is 205 Å². The predicted octanol–water partition coefficient (Wildman–Crippen LogP) is 4.48. The summed E-state index contributed by atoms with van der Waals surface area (Å²) in [6.45, 7) is 11.8. The highest BCUT2D eigenvalue weighted by molar-refractivity contribution is 5.70. The molecule has 2 rings (SSSR count). The van der Waals surface area contributed by atoms with Crippen molar-refractivity contribution >= 4 is 5.97 Å². The summed E-state index contributed by atoms with van der Waals surface area (Å²) < 4.78 is 11.5. The number of allylic oxidation sites excluding steroid dienone is 3. The molecule has 0 bridgehead atoms. The van der Waals surface area contributed by atoms with E-state index < -0.39 is 29.9 Å². The number of aliphatic hydroxyl groups excluding tert-OH is 2. The van der Waals surface area contributed by atoms with Gasteiger partial charge in [0.2, 0.25) is 0 Å². The molecular formula is C28H46O6. The molecule has 2 aliphatic heterocycles. The molecule has 0 saturated carbocycles. The van der Waals surface area contributed by atoms with Crippen molar-refractivity contribution < 1.29 is 29.6 Å². The van der Waals surface area contributed by atoms with Gasteiger partial charge >= 0.3 is 5.97 Å². The van der Waals surface area contributed by atoms with Crippen molar-refractivity contribution in [1.29, 1.82) is 0 Å². The summed E-state index contributed by atoms with van der Waals surface area (Å²) in [6, 6.07) is 0. The van der Waals surface area contributed by atoms with Gasteiger partial charge in [-0.2, -0.15) is 0 Å². The number of epoxide rings is 1. The highest BCUT2D eigenvalue weighted by Gasteiger charge is 2.47. The van der Waals surface area contributed by atoms with Crippen LogP contribution in [0.4, 0.5) is 0 Å². The van der Waals surface area contributed by atoms with Crippen molar-refractivity contribution in [3.63, 3.8) is 0 Å². The van der Waals surface area contributed by atoms with Gasteiger partial charge in [-0.15, -0.1) is 0 Å². The van der Waals surface area contributed by atoms with E-state index >= 15 is 0 Å². The van der Waals surface area contributed by atoms with E-state index in [9.17, 15) is 20.1 Å². The number of hydrogen-bond acceptors (Lipinski definition) is 6. The smallest absolute Gasteiger partial charge is 0.309 e. The van der Waals surface area contributed by atoms with E-state index in [2.05, 4.69) is 19.1 Å². The number of cyclic esters (lactones) is 1. The van der Waals surface area contributed by atoms with Gasteiger partial charge in [0.15, 0.2) is 0 Å². The molecule has 0 aromatic heterocycles. The first kappa shape index (κ1) is 28.8. The molecule has 0 aromatic carbocycles. The fraction of sp³-hybridized carbons (Fsp3) is 0.750. The second-order valence-electron chi connectivity index (χ2n) is 10.8. The van der Waals surface area contributed by atoms with Gasteiger partial charge in [-0.1, -0.05) is 58.1 Å². The molecule has 0 aromatic rings. The van der Waals surface area contributed by atoms with E-state index in [1.165, 1.54) is 0 Å². The quantitative estimate of drug-likeness (QED) is 0.206. The van der Waals surface area contributed by atoms with Crippen LogP contribution in [0.2, 0.25) is 0 Å². The monoisotopic (exact) mass is 478 g/mol. The maximum absolute atomic E-state index is 12.4. The lowest BCUT2D eigenvalue weighted by Crippen LogP contribution is -2.28. The molecule has 0 radical (unpaired) electrons. The fourth-order valence-corrected chi connectivity index (χ4v) is 4.67. The van der Waals surface area contributed by atoms with Gasteiger partial charge in [0.1, 0.15) is 6.10 Å². The lowest BCUT2D eigenvalue weighted by Gasteiger charge is -2.25. The number of aliphatic hydroxyl groups is 3. The SMILES string of the molecule is CCC(O)C(C)C1OC1CC(C)(O)C=CC=C(C)C1OC(=O)CC(O)CCC(C)CC=CC1C. The number of carbonyl (C=O) groups is 1. The lowest BCUT2D eigenvalue weighted by atomic mass is 9.91. The molecule has 9 atom stereocenters. The minimum atomic E-state index is -1.05. The van der Waals surface area contributed by atoms with Gasteiger partial charge in [-0.25, -0.2) is 0 Å². The van der Waals surface area contributed by atoms with E-state index in [1.807, 2.05) is 33.8 Å². The van der Waals surface area contributed by atoms with Crippen molar-refractivity contribution in [2.45, 2.75) is 116 Å². The first-order chi connectivity index (χ1) is 15.9. The van der Waals surface area contributed by atoms with Crippen molar-refractivity contribution in [3.8, 4) is 0 Å². The number of esters is 1. The lowest BCUT2D eigenvalue weighted by molar-refractivity contribution is -0.151. The van der Waals surface area contributed by atoms with Crippen LogP contribution in [-0.2, 0) is 14.3 Å². The van der Waals surface area contributed by atoms with Crippen molar-refractivity contribution in [2.75, 3.05) is 0 Å². The molecule has 0 aliphatic carbocycles. The Morgan fingerprint density at radius 1 is 1.32 bits per heavy atom. The number of ether oxygens (including phenoxy) is 2. The van der Waals surface area contributed by atoms with Crippen LogP contribution in [0.25, 0.3) is 0 Å². The van der Waals surface area contributed by atoms with Crippen LogP contribution in [0.15, 0.2) is 36.0 Å². The maximum atomic E-state index is 12.4. The zero-order valence-corrected chi connectivity index (χ0v) is 21.8. The second-order valence-corrected chi connectivity index (χ2v) is 10.8. The topological polar surface area (TPSA) is 99.5 Å². The number of rotatable bonds is 8. The molecule has 34 heavy (non-hydrogen) atoms. The highest BCUT2D eigenvalue weighted by Crippen LogP contribution is 2.37. The maximum Gasteiger partial charge on any atom is 0.309 e. The molecule has 6 heteroatoms. The summed E-state index contributed by atoms with van der Waals surface area (Å²) in [5.41, 5.74) is -0.181. The summed E-state index contributed by atoms with van der Waals surface area (Å²) >= 11 is 0. The van der Waals surface area contributed by atoms with Gasteiger partial charge in [0.25, 0.3) is 0 Å². The normalized spacial score (nSPS) is 35.1. The van der Waals surface area contributed by atoms with Crippen LogP contribution < -0.4 is 0 Å². The molecule has 9 unspecified atom stereocenters.